The number of aryl methyl sites for hydroxylation is 1. The van der Waals surface area contributed by atoms with Crippen LogP contribution >= 0.6 is 11.3 Å². The maximum atomic E-state index is 12.6. The first kappa shape index (κ1) is 19.6. The minimum absolute atomic E-state index is 0.108. The molecule has 0 aliphatic heterocycles. The summed E-state index contributed by atoms with van der Waals surface area (Å²) in [6.07, 6.45) is 0.845. The van der Waals surface area contributed by atoms with E-state index in [4.69, 9.17) is 4.52 Å². The first-order valence-electron chi connectivity index (χ1n) is 9.32. The van der Waals surface area contributed by atoms with Crippen LogP contribution < -0.4 is 5.32 Å². The lowest BCUT2D eigenvalue weighted by Crippen LogP contribution is -2.12. The number of benzene rings is 2. The molecule has 0 fully saturated rings. The monoisotopic (exact) mass is 418 g/mol. The quantitative estimate of drug-likeness (QED) is 0.423. The van der Waals surface area contributed by atoms with Crippen molar-refractivity contribution in [2.75, 3.05) is 5.32 Å². The molecule has 30 heavy (non-hydrogen) atoms. The molecule has 6 nitrogen and oxygen atoms in total. The molecule has 7 heteroatoms. The SMILES string of the molecule is O=C(CCc1ccccc1)Nc1onc(-c2ccsc2)c1-c1ccccc1C(=O)O. The summed E-state index contributed by atoms with van der Waals surface area (Å²) >= 11 is 1.49. The second kappa shape index (κ2) is 8.75. The van der Waals surface area contributed by atoms with Gasteiger partial charge < -0.3 is 9.63 Å². The number of carboxylic acid groups (broad SMARTS) is 1. The Kier molecular flexibility index (Phi) is 5.72. The molecule has 4 aromatic rings. The van der Waals surface area contributed by atoms with Gasteiger partial charge in [0.2, 0.25) is 11.8 Å². The Morgan fingerprint density at radius 3 is 2.53 bits per heavy atom. The van der Waals surface area contributed by atoms with E-state index < -0.39 is 5.97 Å². The highest BCUT2D eigenvalue weighted by Gasteiger charge is 2.24. The van der Waals surface area contributed by atoms with Gasteiger partial charge in [-0.15, -0.1) is 0 Å². The van der Waals surface area contributed by atoms with Crippen LogP contribution in [0.4, 0.5) is 5.88 Å². The molecule has 1 amide bonds. The average molecular weight is 418 g/mol. The predicted molar refractivity (Wildman–Crippen MR) is 116 cm³/mol. The van der Waals surface area contributed by atoms with Gasteiger partial charge in [-0.3, -0.25) is 10.1 Å². The van der Waals surface area contributed by atoms with Crippen molar-refractivity contribution in [2.45, 2.75) is 12.8 Å². The van der Waals surface area contributed by atoms with Crippen molar-refractivity contribution < 1.29 is 19.2 Å². The molecule has 2 aromatic carbocycles. The Bertz CT molecular complexity index is 1170. The van der Waals surface area contributed by atoms with Gasteiger partial charge in [0.1, 0.15) is 5.69 Å². The highest BCUT2D eigenvalue weighted by atomic mass is 32.1. The number of thiophene rings is 1. The minimum Gasteiger partial charge on any atom is -0.478 e. The molecule has 150 valence electrons. The molecular formula is C23H18N2O4S. The number of aromatic carboxylic acids is 1. The standard InChI is InChI=1S/C23H18N2O4S/c26-19(11-10-15-6-2-1-3-7-15)24-22-20(17-8-4-5-9-18(17)23(27)28)21(25-29-22)16-12-13-30-14-16/h1-9,12-14H,10-11H2,(H,24,26)(H,27,28). The lowest BCUT2D eigenvalue weighted by atomic mass is 9.97. The number of aromatic nitrogens is 1. The van der Waals surface area contributed by atoms with Crippen LogP contribution in [0.1, 0.15) is 22.3 Å². The summed E-state index contributed by atoms with van der Waals surface area (Å²) in [4.78, 5) is 24.3. The zero-order valence-corrected chi connectivity index (χ0v) is 16.7. The van der Waals surface area contributed by atoms with E-state index in [1.165, 1.54) is 17.4 Å². The normalized spacial score (nSPS) is 10.7. The summed E-state index contributed by atoms with van der Waals surface area (Å²) < 4.78 is 5.46. The highest BCUT2D eigenvalue weighted by molar-refractivity contribution is 7.08. The third kappa shape index (κ3) is 4.16. The van der Waals surface area contributed by atoms with Gasteiger partial charge in [-0.05, 0) is 29.5 Å². The summed E-state index contributed by atoms with van der Waals surface area (Å²) in [5.41, 5.74) is 3.34. The maximum Gasteiger partial charge on any atom is 0.336 e. The van der Waals surface area contributed by atoms with Crippen LogP contribution in [0.25, 0.3) is 22.4 Å². The molecule has 0 saturated heterocycles. The zero-order chi connectivity index (χ0) is 20.9. The van der Waals surface area contributed by atoms with Gasteiger partial charge >= 0.3 is 5.97 Å². The van der Waals surface area contributed by atoms with Crippen LogP contribution in [-0.4, -0.2) is 22.1 Å². The van der Waals surface area contributed by atoms with Gasteiger partial charge in [-0.25, -0.2) is 4.79 Å². The first-order chi connectivity index (χ1) is 14.6. The number of hydrogen-bond donors (Lipinski definition) is 2. The van der Waals surface area contributed by atoms with Crippen molar-refractivity contribution in [3.63, 3.8) is 0 Å². The van der Waals surface area contributed by atoms with E-state index in [0.29, 0.717) is 23.2 Å². The van der Waals surface area contributed by atoms with E-state index in [9.17, 15) is 14.7 Å². The van der Waals surface area contributed by atoms with Crippen LogP contribution in [0, 0.1) is 0 Å². The topological polar surface area (TPSA) is 92.4 Å². The van der Waals surface area contributed by atoms with E-state index in [0.717, 1.165) is 11.1 Å². The third-order valence-electron chi connectivity index (χ3n) is 4.65. The number of rotatable bonds is 7. The van der Waals surface area contributed by atoms with Gasteiger partial charge in [-0.2, -0.15) is 11.3 Å². The number of carbonyl (C=O) groups is 2. The number of carboxylic acids is 1. The van der Waals surface area contributed by atoms with Crippen LogP contribution in [-0.2, 0) is 11.2 Å². The Morgan fingerprint density at radius 2 is 1.80 bits per heavy atom. The van der Waals surface area contributed by atoms with Gasteiger partial charge in [0, 0.05) is 22.9 Å². The molecule has 0 spiro atoms. The molecule has 0 unspecified atom stereocenters. The van der Waals surface area contributed by atoms with Gasteiger partial charge in [0.05, 0.1) is 11.1 Å². The summed E-state index contributed by atoms with van der Waals surface area (Å²) in [5, 5.41) is 20.3. The number of anilines is 1. The molecular weight excluding hydrogens is 400 g/mol. The molecule has 2 N–H and O–H groups in total. The predicted octanol–water partition coefficient (Wildman–Crippen LogP) is 5.34. The lowest BCUT2D eigenvalue weighted by Gasteiger charge is -2.08. The van der Waals surface area contributed by atoms with Crippen LogP contribution in [0.2, 0.25) is 0 Å². The van der Waals surface area contributed by atoms with Crippen molar-refractivity contribution in [1.29, 1.82) is 0 Å². The van der Waals surface area contributed by atoms with Crippen LogP contribution in [0.5, 0.6) is 0 Å². The second-order valence-corrected chi connectivity index (χ2v) is 7.41. The lowest BCUT2D eigenvalue weighted by molar-refractivity contribution is -0.116. The molecule has 0 saturated carbocycles. The van der Waals surface area contributed by atoms with E-state index in [1.807, 2.05) is 47.2 Å². The van der Waals surface area contributed by atoms with E-state index in [1.54, 1.807) is 18.2 Å². The molecule has 4 rings (SSSR count). The van der Waals surface area contributed by atoms with Crippen LogP contribution in [0.3, 0.4) is 0 Å². The second-order valence-electron chi connectivity index (χ2n) is 6.63. The number of carbonyl (C=O) groups excluding carboxylic acids is 1. The fraction of sp³-hybridized carbons (Fsp3) is 0.0870. The minimum atomic E-state index is -1.07. The molecule has 0 radical (unpaired) electrons. The fourth-order valence-corrected chi connectivity index (χ4v) is 3.84. The number of nitrogens with zero attached hydrogens (tertiary/aromatic N) is 1. The van der Waals surface area contributed by atoms with Crippen molar-refractivity contribution in [3.05, 3.63) is 82.6 Å². The van der Waals surface area contributed by atoms with Gasteiger partial charge in [0.25, 0.3) is 0 Å². The van der Waals surface area contributed by atoms with E-state index >= 15 is 0 Å². The van der Waals surface area contributed by atoms with E-state index in [-0.39, 0.29) is 23.8 Å². The number of hydrogen-bond acceptors (Lipinski definition) is 5. The largest absolute Gasteiger partial charge is 0.478 e. The Balaban J connectivity index is 1.67. The van der Waals surface area contributed by atoms with Gasteiger partial charge in [-0.1, -0.05) is 53.7 Å². The molecule has 0 bridgehead atoms. The smallest absolute Gasteiger partial charge is 0.336 e. The van der Waals surface area contributed by atoms with Crippen molar-refractivity contribution in [3.8, 4) is 22.4 Å². The number of amides is 1. The Morgan fingerprint density at radius 1 is 1.03 bits per heavy atom. The summed E-state index contributed by atoms with van der Waals surface area (Å²) in [6, 6.07) is 18.2. The first-order valence-corrected chi connectivity index (χ1v) is 10.3. The van der Waals surface area contributed by atoms with Crippen molar-refractivity contribution in [2.24, 2.45) is 0 Å². The molecule has 0 aliphatic carbocycles. The van der Waals surface area contributed by atoms with Crippen LogP contribution in [0.15, 0.2) is 75.9 Å². The number of nitrogens with one attached hydrogen (secondary N) is 1. The fourth-order valence-electron chi connectivity index (χ4n) is 3.20. The Labute approximate surface area is 176 Å². The van der Waals surface area contributed by atoms with E-state index in [2.05, 4.69) is 10.5 Å². The van der Waals surface area contributed by atoms with Crippen molar-refractivity contribution >= 4 is 29.1 Å². The van der Waals surface area contributed by atoms with Gasteiger partial charge in [0.15, 0.2) is 0 Å². The molecule has 0 aliphatic rings. The Hall–Kier alpha value is -3.71. The zero-order valence-electron chi connectivity index (χ0n) is 15.9. The highest BCUT2D eigenvalue weighted by Crippen LogP contribution is 2.40. The molecule has 0 atom stereocenters. The third-order valence-corrected chi connectivity index (χ3v) is 5.33. The maximum absolute atomic E-state index is 12.6. The average Bonchev–Trinajstić information content (AvgIpc) is 3.43. The van der Waals surface area contributed by atoms with Crippen molar-refractivity contribution in [1.82, 2.24) is 5.16 Å². The molecule has 2 heterocycles. The summed E-state index contributed by atoms with van der Waals surface area (Å²) in [5.74, 6) is -1.16. The molecule has 2 aromatic heterocycles. The summed E-state index contributed by atoms with van der Waals surface area (Å²) in [7, 11) is 0. The summed E-state index contributed by atoms with van der Waals surface area (Å²) in [6.45, 7) is 0.